The molecule has 0 atom stereocenters. The average molecular weight is 222 g/mol. The molecule has 0 fully saturated rings. The highest BCUT2D eigenvalue weighted by Crippen LogP contribution is 2.20. The number of hydrogen-bond acceptors (Lipinski definition) is 3. The third kappa shape index (κ3) is 2.08. The number of fused-ring (bicyclic) bond motifs is 1. The van der Waals surface area contributed by atoms with Crippen LogP contribution in [-0.4, -0.2) is 16.5 Å². The lowest BCUT2D eigenvalue weighted by Gasteiger charge is -2.04. The molecule has 0 aliphatic rings. The first-order valence-electron chi connectivity index (χ1n) is 4.83. The number of halogens is 1. The van der Waals surface area contributed by atoms with Crippen LogP contribution in [0.25, 0.3) is 10.9 Å². The molecule has 0 unspecified atom stereocenters. The van der Waals surface area contributed by atoms with Crippen LogP contribution < -0.4 is 5.73 Å². The Bertz CT molecular complexity index is 496. The van der Waals surface area contributed by atoms with E-state index in [0.29, 0.717) is 18.0 Å². The van der Waals surface area contributed by atoms with E-state index in [-0.39, 0.29) is 0 Å². The maximum absolute atomic E-state index is 5.92. The molecule has 0 saturated carbocycles. The van der Waals surface area contributed by atoms with Crippen LogP contribution in [0.15, 0.2) is 18.2 Å². The minimum atomic E-state index is 0.568. The van der Waals surface area contributed by atoms with E-state index in [1.165, 1.54) is 0 Å². The van der Waals surface area contributed by atoms with E-state index in [0.717, 1.165) is 22.4 Å². The average Bonchev–Trinajstić information content (AvgIpc) is 2.20. The number of aromatic nitrogens is 2. The molecule has 0 bridgehead atoms. The fourth-order valence-corrected chi connectivity index (χ4v) is 1.73. The molecule has 1 aromatic carbocycles. The topological polar surface area (TPSA) is 51.8 Å². The van der Waals surface area contributed by atoms with E-state index in [9.17, 15) is 0 Å². The van der Waals surface area contributed by atoms with Crippen LogP contribution in [0.2, 0.25) is 5.02 Å². The first-order chi connectivity index (χ1) is 7.20. The summed E-state index contributed by atoms with van der Waals surface area (Å²) in [5, 5.41) is 1.71. The van der Waals surface area contributed by atoms with Crippen LogP contribution in [0.5, 0.6) is 0 Å². The van der Waals surface area contributed by atoms with Gasteiger partial charge < -0.3 is 5.73 Å². The van der Waals surface area contributed by atoms with Crippen LogP contribution >= 0.6 is 11.6 Å². The highest BCUT2D eigenvalue weighted by atomic mass is 35.5. The predicted octanol–water partition coefficient (Wildman–Crippen LogP) is 2.09. The van der Waals surface area contributed by atoms with Crippen molar-refractivity contribution >= 4 is 22.5 Å². The van der Waals surface area contributed by atoms with E-state index < -0.39 is 0 Å². The van der Waals surface area contributed by atoms with Crippen molar-refractivity contribution in [3.05, 3.63) is 34.7 Å². The third-order valence-electron chi connectivity index (χ3n) is 2.26. The second-order valence-corrected chi connectivity index (χ2v) is 3.86. The Morgan fingerprint density at radius 1 is 1.33 bits per heavy atom. The van der Waals surface area contributed by atoms with Gasteiger partial charge in [-0.05, 0) is 31.7 Å². The summed E-state index contributed by atoms with van der Waals surface area (Å²) in [6.07, 6.45) is 0.708. The molecule has 1 heterocycles. The van der Waals surface area contributed by atoms with E-state index in [1.54, 1.807) is 0 Å². The SMILES string of the molecule is Cc1nc(CCN)nc2ccc(Cl)cc12. The smallest absolute Gasteiger partial charge is 0.130 e. The zero-order valence-corrected chi connectivity index (χ0v) is 9.25. The van der Waals surface area contributed by atoms with Gasteiger partial charge in [-0.15, -0.1) is 0 Å². The summed E-state index contributed by atoms with van der Waals surface area (Å²) in [5.41, 5.74) is 7.35. The summed E-state index contributed by atoms with van der Waals surface area (Å²) in [5.74, 6) is 0.796. The molecule has 2 rings (SSSR count). The predicted molar refractivity (Wildman–Crippen MR) is 62.0 cm³/mol. The lowest BCUT2D eigenvalue weighted by atomic mass is 10.2. The van der Waals surface area contributed by atoms with Crippen molar-refractivity contribution in [3.8, 4) is 0 Å². The fourth-order valence-electron chi connectivity index (χ4n) is 1.55. The van der Waals surface area contributed by atoms with Crippen LogP contribution in [0, 0.1) is 6.92 Å². The van der Waals surface area contributed by atoms with Crippen molar-refractivity contribution in [2.24, 2.45) is 5.73 Å². The van der Waals surface area contributed by atoms with Crippen molar-refractivity contribution < 1.29 is 0 Å². The monoisotopic (exact) mass is 221 g/mol. The summed E-state index contributed by atoms with van der Waals surface area (Å²) >= 11 is 5.92. The number of nitrogens with zero attached hydrogens (tertiary/aromatic N) is 2. The van der Waals surface area contributed by atoms with Crippen LogP contribution in [0.4, 0.5) is 0 Å². The zero-order chi connectivity index (χ0) is 10.8. The molecule has 0 aliphatic heterocycles. The van der Waals surface area contributed by atoms with Gasteiger partial charge >= 0.3 is 0 Å². The van der Waals surface area contributed by atoms with Gasteiger partial charge in [0.2, 0.25) is 0 Å². The maximum atomic E-state index is 5.92. The first kappa shape index (κ1) is 10.3. The molecule has 0 radical (unpaired) electrons. The van der Waals surface area contributed by atoms with E-state index >= 15 is 0 Å². The molecule has 0 amide bonds. The molecule has 4 heteroatoms. The van der Waals surface area contributed by atoms with Gasteiger partial charge in [0.15, 0.2) is 0 Å². The Kier molecular flexibility index (Phi) is 2.84. The van der Waals surface area contributed by atoms with E-state index in [4.69, 9.17) is 17.3 Å². The van der Waals surface area contributed by atoms with Crippen molar-refractivity contribution in [1.82, 2.24) is 9.97 Å². The minimum absolute atomic E-state index is 0.568. The Hall–Kier alpha value is -1.19. The normalized spacial score (nSPS) is 10.9. The number of hydrogen-bond donors (Lipinski definition) is 1. The van der Waals surface area contributed by atoms with Gasteiger partial charge in [-0.2, -0.15) is 0 Å². The number of aryl methyl sites for hydroxylation is 1. The molecular weight excluding hydrogens is 210 g/mol. The highest BCUT2D eigenvalue weighted by Gasteiger charge is 2.04. The summed E-state index contributed by atoms with van der Waals surface area (Å²) in [6.45, 7) is 2.53. The first-order valence-corrected chi connectivity index (χ1v) is 5.21. The van der Waals surface area contributed by atoms with Crippen LogP contribution in [0.3, 0.4) is 0 Å². The largest absolute Gasteiger partial charge is 0.330 e. The molecule has 2 aromatic rings. The van der Waals surface area contributed by atoms with Gasteiger partial charge in [-0.1, -0.05) is 11.6 Å². The van der Waals surface area contributed by atoms with Crippen LogP contribution in [0.1, 0.15) is 11.5 Å². The van der Waals surface area contributed by atoms with Gasteiger partial charge in [0.1, 0.15) is 5.82 Å². The van der Waals surface area contributed by atoms with Crippen molar-refractivity contribution in [2.75, 3.05) is 6.54 Å². The number of rotatable bonds is 2. The van der Waals surface area contributed by atoms with Crippen molar-refractivity contribution in [3.63, 3.8) is 0 Å². The molecule has 15 heavy (non-hydrogen) atoms. The Morgan fingerprint density at radius 2 is 2.13 bits per heavy atom. The van der Waals surface area contributed by atoms with Crippen molar-refractivity contribution in [2.45, 2.75) is 13.3 Å². The van der Waals surface area contributed by atoms with E-state index in [2.05, 4.69) is 9.97 Å². The Balaban J connectivity index is 2.62. The molecule has 78 valence electrons. The number of nitrogens with two attached hydrogens (primary N) is 1. The quantitative estimate of drug-likeness (QED) is 0.845. The molecule has 2 N–H and O–H groups in total. The molecule has 0 saturated heterocycles. The summed E-state index contributed by atoms with van der Waals surface area (Å²) in [4.78, 5) is 8.80. The third-order valence-corrected chi connectivity index (χ3v) is 2.50. The van der Waals surface area contributed by atoms with Gasteiger partial charge in [0, 0.05) is 22.5 Å². The Labute approximate surface area is 93.3 Å². The van der Waals surface area contributed by atoms with Gasteiger partial charge in [-0.3, -0.25) is 0 Å². The summed E-state index contributed by atoms with van der Waals surface area (Å²) in [7, 11) is 0. The standard InChI is InChI=1S/C11H12ClN3/c1-7-9-6-8(12)2-3-10(9)15-11(14-7)4-5-13/h2-3,6H,4-5,13H2,1H3. The maximum Gasteiger partial charge on any atom is 0.130 e. The molecule has 0 spiro atoms. The number of benzene rings is 1. The lowest BCUT2D eigenvalue weighted by Crippen LogP contribution is -2.07. The van der Waals surface area contributed by atoms with Gasteiger partial charge in [-0.25, -0.2) is 9.97 Å². The fraction of sp³-hybridized carbons (Fsp3) is 0.273. The minimum Gasteiger partial charge on any atom is -0.330 e. The van der Waals surface area contributed by atoms with Crippen LogP contribution in [-0.2, 0) is 6.42 Å². The lowest BCUT2D eigenvalue weighted by molar-refractivity contribution is 0.869. The summed E-state index contributed by atoms with van der Waals surface area (Å²) in [6, 6.07) is 5.63. The van der Waals surface area contributed by atoms with Crippen molar-refractivity contribution in [1.29, 1.82) is 0 Å². The summed E-state index contributed by atoms with van der Waals surface area (Å²) < 4.78 is 0. The molecular formula is C11H12ClN3. The van der Waals surface area contributed by atoms with E-state index in [1.807, 2.05) is 25.1 Å². The van der Waals surface area contributed by atoms with Gasteiger partial charge in [0.25, 0.3) is 0 Å². The molecule has 1 aromatic heterocycles. The second-order valence-electron chi connectivity index (χ2n) is 3.43. The highest BCUT2D eigenvalue weighted by molar-refractivity contribution is 6.31. The molecule has 0 aliphatic carbocycles. The Morgan fingerprint density at radius 3 is 2.87 bits per heavy atom. The van der Waals surface area contributed by atoms with Gasteiger partial charge in [0.05, 0.1) is 5.52 Å². The zero-order valence-electron chi connectivity index (χ0n) is 8.50. The molecule has 3 nitrogen and oxygen atoms in total. The second kappa shape index (κ2) is 4.13.